The summed E-state index contributed by atoms with van der Waals surface area (Å²) in [6.45, 7) is 9.57. The van der Waals surface area contributed by atoms with E-state index < -0.39 is 10.8 Å². The molecule has 1 aliphatic rings. The summed E-state index contributed by atoms with van der Waals surface area (Å²) in [4.78, 5) is 30.8. The Morgan fingerprint density at radius 1 is 1.22 bits per heavy atom. The van der Waals surface area contributed by atoms with E-state index in [-0.39, 0.29) is 17.3 Å². The van der Waals surface area contributed by atoms with Crippen molar-refractivity contribution in [3.8, 4) is 0 Å². The number of carbonyl (C=O) groups is 1. The van der Waals surface area contributed by atoms with Gasteiger partial charge in [-0.15, -0.1) is 0 Å². The third kappa shape index (κ3) is 4.50. The van der Waals surface area contributed by atoms with Gasteiger partial charge in [0.2, 0.25) is 0 Å². The van der Waals surface area contributed by atoms with E-state index in [1.165, 1.54) is 25.0 Å². The molecule has 4 rings (SSSR count). The number of para-hydroxylation sites is 1. The van der Waals surface area contributed by atoms with Crippen molar-refractivity contribution >= 4 is 28.3 Å². The fourth-order valence-electron chi connectivity index (χ4n) is 4.36. The van der Waals surface area contributed by atoms with Gasteiger partial charge < -0.3 is 9.88 Å². The highest BCUT2D eigenvalue weighted by Gasteiger charge is 2.22. The van der Waals surface area contributed by atoms with Crippen LogP contribution in [0.4, 0.5) is 11.4 Å². The SMILES string of the molecule is CC1CCN(Cc2nc3cc(NC(=O)c4ccccc4[N+](=O)[O-])ccc3n2C(C)C)CC1. The average molecular weight is 436 g/mol. The number of amides is 1. The summed E-state index contributed by atoms with van der Waals surface area (Å²) in [6.07, 6.45) is 2.42. The highest BCUT2D eigenvalue weighted by molar-refractivity contribution is 6.07. The molecule has 1 saturated heterocycles. The van der Waals surface area contributed by atoms with Crippen molar-refractivity contribution in [1.82, 2.24) is 14.5 Å². The lowest BCUT2D eigenvalue weighted by Crippen LogP contribution is -2.33. The quantitative estimate of drug-likeness (QED) is 0.434. The first-order valence-corrected chi connectivity index (χ1v) is 11.1. The smallest absolute Gasteiger partial charge is 0.282 e. The second-order valence-electron chi connectivity index (χ2n) is 8.88. The normalized spacial score (nSPS) is 15.4. The van der Waals surface area contributed by atoms with E-state index in [2.05, 4.69) is 35.6 Å². The van der Waals surface area contributed by atoms with Crippen LogP contribution in [0, 0.1) is 16.0 Å². The lowest BCUT2D eigenvalue weighted by Gasteiger charge is -2.30. The van der Waals surface area contributed by atoms with E-state index in [4.69, 9.17) is 4.98 Å². The number of imidazole rings is 1. The topological polar surface area (TPSA) is 93.3 Å². The van der Waals surface area contributed by atoms with Crippen LogP contribution in [0.3, 0.4) is 0 Å². The molecule has 8 nitrogen and oxygen atoms in total. The zero-order chi connectivity index (χ0) is 22.8. The van der Waals surface area contributed by atoms with Crippen LogP contribution in [0.2, 0.25) is 0 Å². The minimum absolute atomic E-state index is 0.0327. The van der Waals surface area contributed by atoms with Gasteiger partial charge in [0.05, 0.1) is 22.5 Å². The number of likely N-dealkylation sites (tertiary alicyclic amines) is 1. The number of aromatic nitrogens is 2. The summed E-state index contributed by atoms with van der Waals surface area (Å²) in [5.74, 6) is 1.29. The van der Waals surface area contributed by atoms with E-state index in [1.54, 1.807) is 12.1 Å². The molecular formula is C24H29N5O3. The van der Waals surface area contributed by atoms with Gasteiger partial charge >= 0.3 is 0 Å². The Morgan fingerprint density at radius 2 is 1.94 bits per heavy atom. The molecular weight excluding hydrogens is 406 g/mol. The summed E-state index contributed by atoms with van der Waals surface area (Å²) < 4.78 is 2.25. The number of nitrogens with zero attached hydrogens (tertiary/aromatic N) is 4. The largest absolute Gasteiger partial charge is 0.324 e. The van der Waals surface area contributed by atoms with Gasteiger partial charge in [-0.05, 0) is 70.0 Å². The molecule has 2 aromatic carbocycles. The van der Waals surface area contributed by atoms with Crippen molar-refractivity contribution in [3.05, 3.63) is 64.0 Å². The lowest BCUT2D eigenvalue weighted by molar-refractivity contribution is -0.385. The molecule has 32 heavy (non-hydrogen) atoms. The zero-order valence-corrected chi connectivity index (χ0v) is 18.7. The second-order valence-corrected chi connectivity index (χ2v) is 8.88. The van der Waals surface area contributed by atoms with Gasteiger partial charge in [0.15, 0.2) is 0 Å². The van der Waals surface area contributed by atoms with E-state index in [0.717, 1.165) is 42.4 Å². The highest BCUT2D eigenvalue weighted by atomic mass is 16.6. The number of hydrogen-bond acceptors (Lipinski definition) is 5. The molecule has 0 unspecified atom stereocenters. The van der Waals surface area contributed by atoms with Crippen LogP contribution in [-0.2, 0) is 6.54 Å². The number of benzene rings is 2. The van der Waals surface area contributed by atoms with Crippen LogP contribution in [0.5, 0.6) is 0 Å². The van der Waals surface area contributed by atoms with Crippen LogP contribution in [0.15, 0.2) is 42.5 Å². The third-order valence-corrected chi connectivity index (χ3v) is 6.12. The number of anilines is 1. The molecule has 1 N–H and O–H groups in total. The Morgan fingerprint density at radius 3 is 2.62 bits per heavy atom. The molecule has 8 heteroatoms. The molecule has 1 aliphatic heterocycles. The van der Waals surface area contributed by atoms with Crippen LogP contribution in [-0.4, -0.2) is 38.4 Å². The Bertz CT molecular complexity index is 1150. The first kappa shape index (κ1) is 22.0. The first-order chi connectivity index (χ1) is 15.3. The highest BCUT2D eigenvalue weighted by Crippen LogP contribution is 2.27. The van der Waals surface area contributed by atoms with E-state index >= 15 is 0 Å². The fourth-order valence-corrected chi connectivity index (χ4v) is 4.36. The molecule has 0 radical (unpaired) electrons. The Kier molecular flexibility index (Phi) is 6.23. The van der Waals surface area contributed by atoms with Gasteiger partial charge in [0.25, 0.3) is 11.6 Å². The third-order valence-electron chi connectivity index (χ3n) is 6.12. The van der Waals surface area contributed by atoms with Gasteiger partial charge in [-0.1, -0.05) is 19.1 Å². The predicted octanol–water partition coefficient (Wildman–Crippen LogP) is 5.01. The molecule has 1 aromatic heterocycles. The predicted molar refractivity (Wildman–Crippen MR) is 125 cm³/mol. The number of hydrogen-bond donors (Lipinski definition) is 1. The van der Waals surface area contributed by atoms with E-state index in [9.17, 15) is 14.9 Å². The number of nitro benzene ring substituents is 1. The van der Waals surface area contributed by atoms with E-state index in [1.807, 2.05) is 18.2 Å². The molecule has 1 amide bonds. The lowest BCUT2D eigenvalue weighted by atomic mass is 9.99. The standard InChI is InChI=1S/C24H29N5O3/c1-16(2)28-22-9-8-18(25-24(30)19-6-4-5-7-21(19)29(31)32)14-20(22)26-23(28)15-27-12-10-17(3)11-13-27/h4-9,14,16-17H,10-13,15H2,1-3H3,(H,25,30). The van der Waals surface area contributed by atoms with Gasteiger partial charge in [-0.3, -0.25) is 19.8 Å². The Labute approximate surface area is 187 Å². The number of fused-ring (bicyclic) bond motifs is 1. The van der Waals surface area contributed by atoms with Gasteiger partial charge in [0.1, 0.15) is 11.4 Å². The molecule has 0 atom stereocenters. The number of rotatable bonds is 6. The van der Waals surface area contributed by atoms with Gasteiger partial charge in [-0.2, -0.15) is 0 Å². The van der Waals surface area contributed by atoms with Crippen LogP contribution < -0.4 is 5.32 Å². The summed E-state index contributed by atoms with van der Waals surface area (Å²) >= 11 is 0. The van der Waals surface area contributed by atoms with Crippen LogP contribution >= 0.6 is 0 Å². The van der Waals surface area contributed by atoms with Crippen LogP contribution in [0.25, 0.3) is 11.0 Å². The number of piperidine rings is 1. The van der Waals surface area contributed by atoms with Crippen molar-refractivity contribution in [2.75, 3.05) is 18.4 Å². The van der Waals surface area contributed by atoms with Crippen LogP contribution in [0.1, 0.15) is 55.8 Å². The number of nitrogens with one attached hydrogen (secondary N) is 1. The van der Waals surface area contributed by atoms with E-state index in [0.29, 0.717) is 5.69 Å². The zero-order valence-electron chi connectivity index (χ0n) is 18.7. The number of nitro groups is 1. The maximum absolute atomic E-state index is 12.7. The molecule has 0 aliphatic carbocycles. The Hall–Kier alpha value is -3.26. The summed E-state index contributed by atoms with van der Waals surface area (Å²) in [5, 5.41) is 14.0. The molecule has 1 fully saturated rings. The van der Waals surface area contributed by atoms with Crippen molar-refractivity contribution in [3.63, 3.8) is 0 Å². The van der Waals surface area contributed by atoms with Gasteiger partial charge in [-0.25, -0.2) is 4.98 Å². The first-order valence-electron chi connectivity index (χ1n) is 11.1. The monoisotopic (exact) mass is 435 g/mol. The second kappa shape index (κ2) is 9.08. The molecule has 3 aromatic rings. The Balaban J connectivity index is 1.60. The average Bonchev–Trinajstić information content (AvgIpc) is 3.12. The molecule has 0 spiro atoms. The van der Waals surface area contributed by atoms with Crippen molar-refractivity contribution in [2.45, 2.75) is 46.2 Å². The van der Waals surface area contributed by atoms with Crippen molar-refractivity contribution in [2.24, 2.45) is 5.92 Å². The summed E-state index contributed by atoms with van der Waals surface area (Å²) in [5.41, 5.74) is 2.20. The maximum atomic E-state index is 12.7. The molecule has 2 heterocycles. The molecule has 0 saturated carbocycles. The number of carbonyl (C=O) groups excluding carboxylic acids is 1. The molecule has 0 bridgehead atoms. The summed E-state index contributed by atoms with van der Waals surface area (Å²) in [6, 6.07) is 11.8. The van der Waals surface area contributed by atoms with Gasteiger partial charge in [0, 0.05) is 17.8 Å². The van der Waals surface area contributed by atoms with Crippen molar-refractivity contribution in [1.29, 1.82) is 0 Å². The minimum Gasteiger partial charge on any atom is -0.324 e. The molecule has 168 valence electrons. The fraction of sp³-hybridized carbons (Fsp3) is 0.417. The van der Waals surface area contributed by atoms with Crippen molar-refractivity contribution < 1.29 is 9.72 Å². The maximum Gasteiger partial charge on any atom is 0.282 e. The minimum atomic E-state index is -0.546. The summed E-state index contributed by atoms with van der Waals surface area (Å²) in [7, 11) is 0.